The Balaban J connectivity index is 1.69. The van der Waals surface area contributed by atoms with Crippen molar-refractivity contribution >= 4 is 22.5 Å². The lowest BCUT2D eigenvalue weighted by atomic mass is 10.1. The Bertz CT molecular complexity index is 781. The van der Waals surface area contributed by atoms with E-state index in [1.807, 2.05) is 0 Å². The lowest BCUT2D eigenvalue weighted by Gasteiger charge is -2.22. The number of aliphatic hydroxyl groups is 2. The van der Waals surface area contributed by atoms with Gasteiger partial charge in [0, 0.05) is 12.1 Å². The predicted octanol–water partition coefficient (Wildman–Crippen LogP) is 2.18. The number of amides is 2. The van der Waals surface area contributed by atoms with Gasteiger partial charge in [0.2, 0.25) is 5.13 Å². The molecule has 1 saturated heterocycles. The molecule has 2 heterocycles. The molecule has 140 valence electrons. The fourth-order valence-electron chi connectivity index (χ4n) is 2.67. The number of halogens is 3. The highest BCUT2D eigenvalue weighted by molar-refractivity contribution is 7.18. The number of hydrogen-bond donors (Lipinski definition) is 3. The first kappa shape index (κ1) is 18.5. The normalized spacial score (nSPS) is 20.4. The van der Waals surface area contributed by atoms with Gasteiger partial charge in [-0.1, -0.05) is 23.5 Å². The van der Waals surface area contributed by atoms with E-state index in [9.17, 15) is 28.2 Å². The van der Waals surface area contributed by atoms with Crippen molar-refractivity contribution in [1.82, 2.24) is 15.1 Å². The highest BCUT2D eigenvalue weighted by Crippen LogP contribution is 2.32. The molecule has 2 atom stereocenters. The van der Waals surface area contributed by atoms with Crippen LogP contribution in [0.2, 0.25) is 0 Å². The van der Waals surface area contributed by atoms with E-state index >= 15 is 0 Å². The Hall–Kier alpha value is -2.24. The van der Waals surface area contributed by atoms with Crippen molar-refractivity contribution in [3.05, 3.63) is 29.8 Å². The van der Waals surface area contributed by atoms with Crippen LogP contribution in [0.25, 0.3) is 10.6 Å². The summed E-state index contributed by atoms with van der Waals surface area (Å²) in [5.74, 6) is 0. The minimum absolute atomic E-state index is 0.0988. The van der Waals surface area contributed by atoms with E-state index in [2.05, 4.69) is 15.5 Å². The number of nitrogens with one attached hydrogen (secondary N) is 1. The second-order valence-corrected chi connectivity index (χ2v) is 6.77. The number of aromatic nitrogens is 2. The van der Waals surface area contributed by atoms with E-state index in [0.29, 0.717) is 10.6 Å². The van der Waals surface area contributed by atoms with E-state index in [0.717, 1.165) is 23.5 Å². The first-order valence-corrected chi connectivity index (χ1v) is 8.47. The number of likely N-dealkylation sites (tertiary alicyclic amines) is 1. The summed E-state index contributed by atoms with van der Waals surface area (Å²) in [4.78, 5) is 13.5. The molecule has 2 amide bonds. The summed E-state index contributed by atoms with van der Waals surface area (Å²) in [7, 11) is 0. The van der Waals surface area contributed by atoms with Crippen LogP contribution in [-0.4, -0.2) is 56.6 Å². The van der Waals surface area contributed by atoms with Gasteiger partial charge in [-0.25, -0.2) is 4.79 Å². The fourth-order valence-corrected chi connectivity index (χ4v) is 3.41. The molecule has 0 unspecified atom stereocenters. The second-order valence-electron chi connectivity index (χ2n) is 5.80. The SMILES string of the molecule is O=C(Nc1nnc(-c2ccc(C(F)(F)F)cc2)s1)N1C[C@H](O)C[C@H]1CO. The van der Waals surface area contributed by atoms with Gasteiger partial charge in [-0.2, -0.15) is 13.2 Å². The van der Waals surface area contributed by atoms with Crippen LogP contribution in [0.5, 0.6) is 0 Å². The maximum atomic E-state index is 12.6. The number of carbonyl (C=O) groups excluding carboxylic acids is 1. The zero-order valence-electron chi connectivity index (χ0n) is 13.3. The smallest absolute Gasteiger partial charge is 0.394 e. The van der Waals surface area contributed by atoms with Gasteiger partial charge in [-0.3, -0.25) is 5.32 Å². The monoisotopic (exact) mass is 388 g/mol. The molecule has 26 heavy (non-hydrogen) atoms. The van der Waals surface area contributed by atoms with Crippen LogP contribution in [0.4, 0.5) is 23.1 Å². The largest absolute Gasteiger partial charge is 0.416 e. The molecule has 3 N–H and O–H groups in total. The van der Waals surface area contributed by atoms with Gasteiger partial charge in [-0.15, -0.1) is 10.2 Å². The van der Waals surface area contributed by atoms with Crippen LogP contribution in [0.15, 0.2) is 24.3 Å². The number of benzene rings is 1. The molecule has 1 aromatic carbocycles. The molecule has 1 aliphatic heterocycles. The standard InChI is InChI=1S/C15H15F3N4O3S/c16-15(17,18)9-3-1-8(2-4-9)12-20-21-13(26-12)19-14(25)22-6-11(24)5-10(22)7-23/h1-4,10-11,23-24H,5-7H2,(H,19,21,25)/t10-,11+/m0/s1. The zero-order chi connectivity index (χ0) is 18.9. The number of anilines is 1. The molecular weight excluding hydrogens is 373 g/mol. The van der Waals surface area contributed by atoms with Crippen molar-refractivity contribution in [1.29, 1.82) is 0 Å². The fraction of sp³-hybridized carbons (Fsp3) is 0.400. The molecule has 0 saturated carbocycles. The number of hydrogen-bond acceptors (Lipinski definition) is 6. The van der Waals surface area contributed by atoms with Crippen LogP contribution in [0.1, 0.15) is 12.0 Å². The number of nitrogens with zero attached hydrogens (tertiary/aromatic N) is 3. The van der Waals surface area contributed by atoms with Crippen molar-refractivity contribution < 1.29 is 28.2 Å². The summed E-state index contributed by atoms with van der Waals surface area (Å²) < 4.78 is 37.8. The highest BCUT2D eigenvalue weighted by atomic mass is 32.1. The van der Waals surface area contributed by atoms with Crippen LogP contribution >= 0.6 is 11.3 Å². The molecule has 0 aliphatic carbocycles. The van der Waals surface area contributed by atoms with Gasteiger partial charge < -0.3 is 15.1 Å². The zero-order valence-corrected chi connectivity index (χ0v) is 14.1. The van der Waals surface area contributed by atoms with Crippen molar-refractivity contribution in [2.24, 2.45) is 0 Å². The number of aliphatic hydroxyl groups excluding tert-OH is 2. The molecule has 11 heteroatoms. The molecule has 2 aromatic rings. The Morgan fingerprint density at radius 2 is 2.00 bits per heavy atom. The maximum absolute atomic E-state index is 12.6. The molecule has 1 aromatic heterocycles. The van der Waals surface area contributed by atoms with Crippen molar-refractivity contribution in [2.75, 3.05) is 18.5 Å². The molecular formula is C15H15F3N4O3S. The van der Waals surface area contributed by atoms with Crippen molar-refractivity contribution in [2.45, 2.75) is 24.7 Å². The minimum Gasteiger partial charge on any atom is -0.394 e. The molecule has 1 aliphatic rings. The maximum Gasteiger partial charge on any atom is 0.416 e. The van der Waals surface area contributed by atoms with Gasteiger partial charge >= 0.3 is 12.2 Å². The Morgan fingerprint density at radius 1 is 1.31 bits per heavy atom. The summed E-state index contributed by atoms with van der Waals surface area (Å²) in [6.07, 6.45) is -4.82. The van der Waals surface area contributed by atoms with Crippen LogP contribution < -0.4 is 5.32 Å². The van der Waals surface area contributed by atoms with Crippen LogP contribution in [0, 0.1) is 0 Å². The van der Waals surface area contributed by atoms with E-state index in [4.69, 9.17) is 0 Å². The Morgan fingerprint density at radius 3 is 2.62 bits per heavy atom. The average molecular weight is 388 g/mol. The van der Waals surface area contributed by atoms with Crippen molar-refractivity contribution in [3.63, 3.8) is 0 Å². The van der Waals surface area contributed by atoms with Gasteiger partial charge in [0.05, 0.1) is 24.3 Å². The summed E-state index contributed by atoms with van der Waals surface area (Å²) in [5, 5.41) is 29.6. The number of alkyl halides is 3. The second kappa shape index (κ2) is 7.17. The molecule has 0 spiro atoms. The van der Waals surface area contributed by atoms with Crippen molar-refractivity contribution in [3.8, 4) is 10.6 Å². The third kappa shape index (κ3) is 3.94. The van der Waals surface area contributed by atoms with Gasteiger partial charge in [0.1, 0.15) is 5.01 Å². The summed E-state index contributed by atoms with van der Waals surface area (Å²) in [5.41, 5.74) is -0.317. The minimum atomic E-state index is -4.41. The Labute approximate surface area is 150 Å². The molecule has 0 bridgehead atoms. The van der Waals surface area contributed by atoms with E-state index in [1.54, 1.807) is 0 Å². The summed E-state index contributed by atoms with van der Waals surface area (Å²) in [6, 6.07) is 3.46. The number of β-amino-alcohol motifs (C(OH)–C–C–N with tert-alkyl or cyclic N) is 1. The molecule has 3 rings (SSSR count). The summed E-state index contributed by atoms with van der Waals surface area (Å²) in [6.45, 7) is -0.168. The van der Waals surface area contributed by atoms with Crippen LogP contribution in [0.3, 0.4) is 0 Å². The third-order valence-electron chi connectivity index (χ3n) is 3.96. The van der Waals surface area contributed by atoms with E-state index in [-0.39, 0.29) is 24.7 Å². The number of carbonyl (C=O) groups is 1. The quantitative estimate of drug-likeness (QED) is 0.749. The number of rotatable bonds is 3. The Kier molecular flexibility index (Phi) is 5.12. The predicted molar refractivity (Wildman–Crippen MR) is 87.6 cm³/mol. The lowest BCUT2D eigenvalue weighted by molar-refractivity contribution is -0.137. The molecule has 0 radical (unpaired) electrons. The third-order valence-corrected chi connectivity index (χ3v) is 4.85. The molecule has 7 nitrogen and oxygen atoms in total. The topological polar surface area (TPSA) is 98.6 Å². The van der Waals surface area contributed by atoms with E-state index in [1.165, 1.54) is 17.0 Å². The van der Waals surface area contributed by atoms with Gasteiger partial charge in [-0.05, 0) is 18.6 Å². The first-order chi connectivity index (χ1) is 12.3. The lowest BCUT2D eigenvalue weighted by Crippen LogP contribution is -2.40. The van der Waals surface area contributed by atoms with Crippen LogP contribution in [-0.2, 0) is 6.18 Å². The van der Waals surface area contributed by atoms with Gasteiger partial charge in [0.25, 0.3) is 0 Å². The number of urea groups is 1. The highest BCUT2D eigenvalue weighted by Gasteiger charge is 2.34. The summed E-state index contributed by atoms with van der Waals surface area (Å²) >= 11 is 1.01. The average Bonchev–Trinajstić information content (AvgIpc) is 3.20. The first-order valence-electron chi connectivity index (χ1n) is 7.65. The van der Waals surface area contributed by atoms with Gasteiger partial charge in [0.15, 0.2) is 0 Å². The van der Waals surface area contributed by atoms with E-state index < -0.39 is 29.9 Å². The molecule has 1 fully saturated rings.